The SMILES string of the molecule is Cc1cc(-c2cccc(C3=Nc4cc(OCC(F)(F)F)c(C(F)(F)F)cc4NC(=O)C3)c2)c(C)cn1. The van der Waals surface area contributed by atoms with Crippen LogP contribution in [0.3, 0.4) is 0 Å². The van der Waals surface area contributed by atoms with Gasteiger partial charge in [-0.2, -0.15) is 26.3 Å². The summed E-state index contributed by atoms with van der Waals surface area (Å²) in [7, 11) is 0. The Labute approximate surface area is 201 Å². The molecule has 1 amide bonds. The van der Waals surface area contributed by atoms with E-state index in [1.54, 1.807) is 24.4 Å². The number of carbonyl (C=O) groups is 1. The third-order valence-corrected chi connectivity index (χ3v) is 5.40. The normalized spacial score (nSPS) is 14.0. The number of anilines is 1. The first-order valence-electron chi connectivity index (χ1n) is 10.7. The highest BCUT2D eigenvalue weighted by Gasteiger charge is 2.38. The van der Waals surface area contributed by atoms with E-state index in [9.17, 15) is 31.1 Å². The van der Waals surface area contributed by atoms with Gasteiger partial charge in [-0.3, -0.25) is 9.78 Å². The van der Waals surface area contributed by atoms with Gasteiger partial charge in [0, 0.05) is 18.0 Å². The summed E-state index contributed by atoms with van der Waals surface area (Å²) in [6, 6.07) is 10.3. The topological polar surface area (TPSA) is 63.6 Å². The highest BCUT2D eigenvalue weighted by Crippen LogP contribution is 2.43. The minimum atomic E-state index is -5.02. The number of hydrogen-bond acceptors (Lipinski definition) is 4. The van der Waals surface area contributed by atoms with E-state index in [0.717, 1.165) is 28.5 Å². The van der Waals surface area contributed by atoms with E-state index in [-0.39, 0.29) is 23.5 Å². The number of amides is 1. The molecule has 2 aromatic carbocycles. The summed E-state index contributed by atoms with van der Waals surface area (Å²) in [4.78, 5) is 21.1. The first kappa shape index (κ1) is 25.2. The molecular formula is C25H19F6N3O2. The van der Waals surface area contributed by atoms with Gasteiger partial charge in [0.2, 0.25) is 5.91 Å². The lowest BCUT2D eigenvalue weighted by Crippen LogP contribution is -2.21. The first-order valence-corrected chi connectivity index (χ1v) is 10.7. The second-order valence-electron chi connectivity index (χ2n) is 8.27. The molecule has 188 valence electrons. The first-order chi connectivity index (χ1) is 16.8. The van der Waals surface area contributed by atoms with Crippen LogP contribution in [0.4, 0.5) is 37.7 Å². The minimum absolute atomic E-state index is 0.151. The number of alkyl halides is 6. The predicted octanol–water partition coefficient (Wildman–Crippen LogP) is 6.79. The van der Waals surface area contributed by atoms with Gasteiger partial charge in [0.25, 0.3) is 0 Å². The zero-order valence-corrected chi connectivity index (χ0v) is 19.0. The average molecular weight is 507 g/mol. The molecule has 5 nitrogen and oxygen atoms in total. The predicted molar refractivity (Wildman–Crippen MR) is 122 cm³/mol. The lowest BCUT2D eigenvalue weighted by Gasteiger charge is -2.17. The molecule has 2 heterocycles. The van der Waals surface area contributed by atoms with Crippen molar-refractivity contribution in [3.8, 4) is 16.9 Å². The van der Waals surface area contributed by atoms with E-state index in [4.69, 9.17) is 0 Å². The Balaban J connectivity index is 1.81. The maximum atomic E-state index is 13.5. The van der Waals surface area contributed by atoms with Crippen LogP contribution in [0.2, 0.25) is 0 Å². The van der Waals surface area contributed by atoms with Crippen LogP contribution in [0, 0.1) is 13.8 Å². The van der Waals surface area contributed by atoms with E-state index < -0.39 is 36.2 Å². The fourth-order valence-corrected chi connectivity index (χ4v) is 3.77. The lowest BCUT2D eigenvalue weighted by atomic mass is 9.97. The molecule has 0 unspecified atom stereocenters. The maximum absolute atomic E-state index is 13.5. The molecule has 36 heavy (non-hydrogen) atoms. The molecule has 11 heteroatoms. The minimum Gasteiger partial charge on any atom is -0.483 e. The van der Waals surface area contributed by atoms with Crippen molar-refractivity contribution in [1.82, 2.24) is 4.98 Å². The summed E-state index contributed by atoms with van der Waals surface area (Å²) >= 11 is 0. The van der Waals surface area contributed by atoms with Crippen molar-refractivity contribution in [3.05, 3.63) is 71.0 Å². The molecule has 0 fully saturated rings. The molecule has 0 aliphatic carbocycles. The summed E-state index contributed by atoms with van der Waals surface area (Å²) < 4.78 is 83.0. The van der Waals surface area contributed by atoms with Crippen molar-refractivity contribution in [2.45, 2.75) is 32.6 Å². The number of aliphatic imine (C=N–C) groups is 1. The van der Waals surface area contributed by atoms with Gasteiger partial charge in [-0.15, -0.1) is 0 Å². The number of carbonyl (C=O) groups excluding carboxylic acids is 1. The smallest absolute Gasteiger partial charge is 0.422 e. The molecule has 0 saturated heterocycles. The molecule has 0 saturated carbocycles. The van der Waals surface area contributed by atoms with E-state index in [0.29, 0.717) is 11.6 Å². The highest BCUT2D eigenvalue weighted by atomic mass is 19.4. The number of rotatable bonds is 4. The Morgan fingerprint density at radius 3 is 2.42 bits per heavy atom. The molecule has 0 atom stereocenters. The average Bonchev–Trinajstić information content (AvgIpc) is 2.95. The van der Waals surface area contributed by atoms with E-state index >= 15 is 0 Å². The molecule has 1 aliphatic rings. The van der Waals surface area contributed by atoms with Gasteiger partial charge >= 0.3 is 12.4 Å². The van der Waals surface area contributed by atoms with Crippen LogP contribution in [0.1, 0.15) is 28.8 Å². The van der Waals surface area contributed by atoms with Crippen LogP contribution >= 0.6 is 0 Å². The number of aromatic nitrogens is 1. The molecule has 0 spiro atoms. The third kappa shape index (κ3) is 5.67. The van der Waals surface area contributed by atoms with Crippen molar-refractivity contribution >= 4 is 23.0 Å². The van der Waals surface area contributed by atoms with Crippen molar-refractivity contribution in [2.75, 3.05) is 11.9 Å². The van der Waals surface area contributed by atoms with Crippen LogP contribution in [0.25, 0.3) is 11.1 Å². The van der Waals surface area contributed by atoms with Crippen LogP contribution < -0.4 is 10.1 Å². The number of pyridine rings is 1. The summed E-state index contributed by atoms with van der Waals surface area (Å²) in [6.45, 7) is 1.82. The second kappa shape index (κ2) is 9.29. The molecule has 4 rings (SSSR count). The van der Waals surface area contributed by atoms with Gasteiger partial charge in [-0.05, 0) is 54.3 Å². The van der Waals surface area contributed by atoms with Crippen molar-refractivity contribution in [3.63, 3.8) is 0 Å². The van der Waals surface area contributed by atoms with Gasteiger partial charge in [0.05, 0.1) is 29.1 Å². The number of halogens is 6. The molecular weight excluding hydrogens is 488 g/mol. The van der Waals surface area contributed by atoms with Crippen LogP contribution in [-0.2, 0) is 11.0 Å². The van der Waals surface area contributed by atoms with Crippen molar-refractivity contribution in [1.29, 1.82) is 0 Å². The Bertz CT molecular complexity index is 1360. The number of hydrogen-bond donors (Lipinski definition) is 1. The number of nitrogens with one attached hydrogen (secondary N) is 1. The largest absolute Gasteiger partial charge is 0.483 e. The molecule has 1 aromatic heterocycles. The number of benzene rings is 2. The maximum Gasteiger partial charge on any atom is 0.422 e. The standard InChI is InChI=1S/C25H19F6N3O2/c1-13-11-32-14(2)6-17(13)15-4-3-5-16(7-15)19-10-23(35)34-20-8-18(25(29,30)31)22(9-21(20)33-19)36-12-24(26,27)28/h3-9,11H,10,12H2,1-2H3,(H,34,35). The Morgan fingerprint density at radius 1 is 1.00 bits per heavy atom. The van der Waals surface area contributed by atoms with Gasteiger partial charge in [-0.25, -0.2) is 4.99 Å². The number of fused-ring (bicyclic) bond motifs is 1. The Morgan fingerprint density at radius 2 is 1.72 bits per heavy atom. The Kier molecular flexibility index (Phi) is 6.50. The van der Waals surface area contributed by atoms with Crippen molar-refractivity contribution < 1.29 is 35.9 Å². The van der Waals surface area contributed by atoms with Crippen molar-refractivity contribution in [2.24, 2.45) is 4.99 Å². The molecule has 0 radical (unpaired) electrons. The van der Waals surface area contributed by atoms with Gasteiger partial charge in [-0.1, -0.05) is 18.2 Å². The summed E-state index contributed by atoms with van der Waals surface area (Å²) in [5.74, 6) is -1.65. The third-order valence-electron chi connectivity index (χ3n) is 5.40. The number of nitrogens with zero attached hydrogens (tertiary/aromatic N) is 2. The zero-order chi connectivity index (χ0) is 26.3. The zero-order valence-electron chi connectivity index (χ0n) is 19.0. The van der Waals surface area contributed by atoms with Crippen LogP contribution in [0.5, 0.6) is 5.75 Å². The molecule has 3 aromatic rings. The lowest BCUT2D eigenvalue weighted by molar-refractivity contribution is -0.158. The van der Waals surface area contributed by atoms with Gasteiger partial charge in [0.15, 0.2) is 6.61 Å². The van der Waals surface area contributed by atoms with E-state index in [1.807, 2.05) is 26.0 Å². The fraction of sp³-hybridized carbons (Fsp3) is 0.240. The van der Waals surface area contributed by atoms with Crippen LogP contribution in [-0.4, -0.2) is 29.4 Å². The summed E-state index contributed by atoms with van der Waals surface area (Å²) in [5.41, 5.74) is 2.31. The Hall–Kier alpha value is -3.89. The van der Waals surface area contributed by atoms with E-state index in [2.05, 4.69) is 20.0 Å². The second-order valence-corrected chi connectivity index (χ2v) is 8.27. The fourth-order valence-electron chi connectivity index (χ4n) is 3.77. The quantitative estimate of drug-likeness (QED) is 0.396. The number of ether oxygens (including phenoxy) is 1. The summed E-state index contributed by atoms with van der Waals surface area (Å²) in [5, 5.41) is 2.36. The molecule has 0 bridgehead atoms. The van der Waals surface area contributed by atoms with Gasteiger partial charge < -0.3 is 10.1 Å². The monoisotopic (exact) mass is 507 g/mol. The van der Waals surface area contributed by atoms with Crippen LogP contribution in [0.15, 0.2) is 53.7 Å². The van der Waals surface area contributed by atoms with Gasteiger partial charge in [0.1, 0.15) is 5.75 Å². The molecule has 1 aliphatic heterocycles. The molecule has 1 N–H and O–H groups in total. The van der Waals surface area contributed by atoms with E-state index in [1.165, 1.54) is 0 Å². The highest BCUT2D eigenvalue weighted by molar-refractivity contribution is 6.17. The number of aryl methyl sites for hydroxylation is 2. The summed E-state index contributed by atoms with van der Waals surface area (Å²) in [6.07, 6.45) is -8.39.